The van der Waals surface area contributed by atoms with Crippen LogP contribution in [0.3, 0.4) is 0 Å². The summed E-state index contributed by atoms with van der Waals surface area (Å²) in [7, 11) is 3.12. The summed E-state index contributed by atoms with van der Waals surface area (Å²) in [5.41, 5.74) is 0. The summed E-state index contributed by atoms with van der Waals surface area (Å²) in [6.07, 6.45) is -1.12. The third-order valence-electron chi connectivity index (χ3n) is 1.58. The molecule has 6 nitrogen and oxygen atoms in total. The molecule has 0 saturated carbocycles. The van der Waals surface area contributed by atoms with Crippen LogP contribution in [-0.4, -0.2) is 53.2 Å². The average molecular weight is 238 g/mol. The van der Waals surface area contributed by atoms with Crippen LogP contribution in [0.4, 0.5) is 0 Å². The Morgan fingerprint density at radius 1 is 0.750 bits per heavy atom. The topological polar surface area (TPSA) is 55.4 Å². The van der Waals surface area contributed by atoms with Gasteiger partial charge in [-0.05, 0) is 13.8 Å². The smallest absolute Gasteiger partial charge is 0.214 e. The van der Waals surface area contributed by atoms with Gasteiger partial charge in [-0.15, -0.1) is 0 Å². The van der Waals surface area contributed by atoms with Crippen molar-refractivity contribution in [1.82, 2.24) is 0 Å². The zero-order chi connectivity index (χ0) is 12.2. The predicted molar refractivity (Wildman–Crippen MR) is 56.8 cm³/mol. The van der Waals surface area contributed by atoms with Crippen LogP contribution in [0.15, 0.2) is 0 Å². The van der Waals surface area contributed by atoms with Crippen LogP contribution < -0.4 is 0 Å². The van der Waals surface area contributed by atoms with Gasteiger partial charge in [0.05, 0.1) is 0 Å². The second-order valence-electron chi connectivity index (χ2n) is 2.87. The lowest BCUT2D eigenvalue weighted by atomic mass is 10.6. The van der Waals surface area contributed by atoms with E-state index in [1.807, 2.05) is 13.8 Å². The molecule has 0 heterocycles. The Hall–Kier alpha value is -0.240. The number of hydrogen-bond donors (Lipinski definition) is 0. The monoisotopic (exact) mass is 238 g/mol. The van der Waals surface area contributed by atoms with Gasteiger partial charge in [0.15, 0.2) is 0 Å². The van der Waals surface area contributed by atoms with E-state index in [0.717, 1.165) is 0 Å². The van der Waals surface area contributed by atoms with Crippen molar-refractivity contribution < 1.29 is 28.7 Å². The molecule has 0 aliphatic heterocycles. The van der Waals surface area contributed by atoms with Crippen LogP contribution >= 0.6 is 0 Å². The molecule has 98 valence electrons. The van der Waals surface area contributed by atoms with Crippen LogP contribution in [0, 0.1) is 0 Å². The van der Waals surface area contributed by atoms with Crippen LogP contribution in [-0.2, 0) is 28.7 Å². The van der Waals surface area contributed by atoms with Gasteiger partial charge in [0.2, 0.25) is 12.6 Å². The molecular weight excluding hydrogens is 216 g/mol. The Balaban J connectivity index is 3.83. The minimum Gasteiger partial charge on any atom is -0.379 e. The Kier molecular flexibility index (Phi) is 11.1. The molecule has 0 N–H and O–H groups in total. The first kappa shape index (κ1) is 15.8. The molecule has 0 fully saturated rings. The van der Waals surface area contributed by atoms with Gasteiger partial charge in [-0.25, -0.2) is 0 Å². The van der Waals surface area contributed by atoms with Gasteiger partial charge in [0, 0.05) is 27.4 Å². The Labute approximate surface area is 96.6 Å². The van der Waals surface area contributed by atoms with Gasteiger partial charge in [0.25, 0.3) is 0 Å². The lowest BCUT2D eigenvalue weighted by molar-refractivity contribution is -0.440. The lowest BCUT2D eigenvalue weighted by Crippen LogP contribution is -2.29. The number of methoxy groups -OCH3 is 2. The van der Waals surface area contributed by atoms with Gasteiger partial charge >= 0.3 is 0 Å². The van der Waals surface area contributed by atoms with Gasteiger partial charge in [-0.3, -0.25) is 0 Å². The van der Waals surface area contributed by atoms with E-state index in [9.17, 15) is 0 Å². The van der Waals surface area contributed by atoms with E-state index >= 15 is 0 Å². The van der Waals surface area contributed by atoms with E-state index in [4.69, 9.17) is 28.7 Å². The van der Waals surface area contributed by atoms with Gasteiger partial charge in [-0.1, -0.05) is 0 Å². The molecular formula is C10H22O6. The molecule has 0 radical (unpaired) electrons. The van der Waals surface area contributed by atoms with Crippen molar-refractivity contribution in [3.63, 3.8) is 0 Å². The highest BCUT2D eigenvalue weighted by Crippen LogP contribution is 2.02. The molecule has 0 bridgehead atoms. The molecule has 0 aliphatic rings. The molecule has 0 aromatic carbocycles. The summed E-state index contributed by atoms with van der Waals surface area (Å²) in [6, 6.07) is 0. The molecule has 2 unspecified atom stereocenters. The fourth-order valence-corrected chi connectivity index (χ4v) is 0.975. The van der Waals surface area contributed by atoms with Crippen molar-refractivity contribution >= 4 is 0 Å². The van der Waals surface area contributed by atoms with Crippen molar-refractivity contribution in [2.45, 2.75) is 26.4 Å². The third kappa shape index (κ3) is 7.98. The molecule has 0 rings (SSSR count). The maximum Gasteiger partial charge on any atom is 0.214 e. The Morgan fingerprint density at radius 3 is 1.38 bits per heavy atom. The summed E-state index contributed by atoms with van der Waals surface area (Å²) in [5, 5.41) is 0. The molecule has 0 amide bonds. The van der Waals surface area contributed by atoms with Crippen molar-refractivity contribution in [1.29, 1.82) is 0 Å². The largest absolute Gasteiger partial charge is 0.379 e. The molecule has 0 aliphatic carbocycles. The standard InChI is InChI=1S/C10H22O6/c1-5-13-9(7-11-3)15-16-10(8-12-4)14-6-2/h9-10H,5-8H2,1-4H3. The molecule has 16 heavy (non-hydrogen) atoms. The predicted octanol–water partition coefficient (Wildman–Crippen LogP) is 0.953. The van der Waals surface area contributed by atoms with Crippen LogP contribution in [0.1, 0.15) is 13.8 Å². The lowest BCUT2D eigenvalue weighted by Gasteiger charge is -2.20. The van der Waals surface area contributed by atoms with E-state index in [2.05, 4.69) is 0 Å². The first-order valence-electron chi connectivity index (χ1n) is 5.31. The SMILES string of the molecule is CCOC(COC)OOC(COC)OCC. The molecule has 0 aromatic heterocycles. The maximum absolute atomic E-state index is 5.22. The van der Waals surface area contributed by atoms with Crippen molar-refractivity contribution in [2.75, 3.05) is 40.6 Å². The van der Waals surface area contributed by atoms with Gasteiger partial charge in [0.1, 0.15) is 13.2 Å². The zero-order valence-corrected chi connectivity index (χ0v) is 10.4. The van der Waals surface area contributed by atoms with E-state index in [1.165, 1.54) is 0 Å². The number of hydrogen-bond acceptors (Lipinski definition) is 6. The maximum atomic E-state index is 5.22. The normalized spacial score (nSPS) is 15.0. The highest BCUT2D eigenvalue weighted by Gasteiger charge is 2.15. The first-order chi connectivity index (χ1) is 7.78. The molecule has 6 heteroatoms. The summed E-state index contributed by atoms with van der Waals surface area (Å²) in [6.45, 7) is 5.34. The highest BCUT2D eigenvalue weighted by atomic mass is 17.2. The van der Waals surface area contributed by atoms with Crippen molar-refractivity contribution in [2.24, 2.45) is 0 Å². The number of rotatable bonds is 11. The minimum absolute atomic E-state index is 0.291. The Bertz CT molecular complexity index is 115. The number of ether oxygens (including phenoxy) is 4. The second-order valence-corrected chi connectivity index (χ2v) is 2.87. The Morgan fingerprint density at radius 2 is 1.12 bits per heavy atom. The highest BCUT2D eigenvalue weighted by molar-refractivity contribution is 4.39. The molecule has 0 aromatic rings. The third-order valence-corrected chi connectivity index (χ3v) is 1.58. The second kappa shape index (κ2) is 11.3. The summed E-state index contributed by atoms with van der Waals surface area (Å²) < 4.78 is 20.3. The fraction of sp³-hybridized carbons (Fsp3) is 1.00. The van der Waals surface area contributed by atoms with Crippen LogP contribution in [0.2, 0.25) is 0 Å². The van der Waals surface area contributed by atoms with Crippen molar-refractivity contribution in [3.05, 3.63) is 0 Å². The van der Waals surface area contributed by atoms with E-state index in [0.29, 0.717) is 26.4 Å². The van der Waals surface area contributed by atoms with Crippen molar-refractivity contribution in [3.8, 4) is 0 Å². The zero-order valence-electron chi connectivity index (χ0n) is 10.4. The van der Waals surface area contributed by atoms with E-state index in [1.54, 1.807) is 14.2 Å². The van der Waals surface area contributed by atoms with Crippen LogP contribution in [0.25, 0.3) is 0 Å². The summed E-state index contributed by atoms with van der Waals surface area (Å²) in [4.78, 5) is 10.1. The quantitative estimate of drug-likeness (QED) is 0.303. The van der Waals surface area contributed by atoms with Gasteiger partial charge < -0.3 is 18.9 Å². The molecule has 0 spiro atoms. The van der Waals surface area contributed by atoms with E-state index in [-0.39, 0.29) is 0 Å². The summed E-state index contributed by atoms with van der Waals surface area (Å²) in [5.74, 6) is 0. The molecule has 0 saturated heterocycles. The van der Waals surface area contributed by atoms with Gasteiger partial charge in [-0.2, -0.15) is 9.78 Å². The first-order valence-corrected chi connectivity index (χ1v) is 5.31. The van der Waals surface area contributed by atoms with Crippen LogP contribution in [0.5, 0.6) is 0 Å². The minimum atomic E-state index is -0.560. The molecule has 2 atom stereocenters. The summed E-state index contributed by atoms with van der Waals surface area (Å²) >= 11 is 0. The fourth-order valence-electron chi connectivity index (χ4n) is 0.975. The van der Waals surface area contributed by atoms with E-state index < -0.39 is 12.6 Å². The average Bonchev–Trinajstić information content (AvgIpc) is 2.27.